The molecule has 3 rings (SSSR count). The number of nitrogens with zero attached hydrogens (tertiary/aromatic N) is 1. The van der Waals surface area contributed by atoms with Crippen LogP contribution < -0.4 is 26.4 Å². The molecular formula is C32H49N5O7. The van der Waals surface area contributed by atoms with E-state index in [1.54, 1.807) is 24.3 Å². The van der Waals surface area contributed by atoms with Gasteiger partial charge >= 0.3 is 6.03 Å². The zero-order chi connectivity index (χ0) is 32.9. The Morgan fingerprint density at radius 2 is 1.66 bits per heavy atom. The van der Waals surface area contributed by atoms with Gasteiger partial charge in [0.1, 0.15) is 18.0 Å². The minimum Gasteiger partial charge on any atom is -0.497 e. The lowest BCUT2D eigenvalue weighted by Crippen LogP contribution is -2.62. The van der Waals surface area contributed by atoms with Gasteiger partial charge in [-0.2, -0.15) is 0 Å². The highest BCUT2D eigenvalue weighted by atomic mass is 16.5. The number of urea groups is 1. The number of amides is 4. The molecule has 1 aromatic carbocycles. The Labute approximate surface area is 259 Å². The molecule has 12 heteroatoms. The summed E-state index contributed by atoms with van der Waals surface area (Å²) >= 11 is 0. The average Bonchev–Trinajstić information content (AvgIpc) is 3.69. The monoisotopic (exact) mass is 615 g/mol. The number of ketones is 2. The molecule has 1 aromatic rings. The van der Waals surface area contributed by atoms with Gasteiger partial charge < -0.3 is 31.1 Å². The fraction of sp³-hybridized carbons (Fsp3) is 0.656. The van der Waals surface area contributed by atoms with E-state index in [1.165, 1.54) is 12.0 Å². The van der Waals surface area contributed by atoms with Crippen molar-refractivity contribution >= 4 is 29.4 Å². The van der Waals surface area contributed by atoms with E-state index < -0.39 is 59.4 Å². The molecule has 1 aliphatic carbocycles. The Morgan fingerprint density at radius 3 is 2.16 bits per heavy atom. The number of nitrogens with two attached hydrogens (primary N) is 1. The van der Waals surface area contributed by atoms with E-state index in [2.05, 4.69) is 16.0 Å². The summed E-state index contributed by atoms with van der Waals surface area (Å²) in [5.74, 6) is -2.03. The number of carbonyl (C=O) groups is 5. The predicted molar refractivity (Wildman–Crippen MR) is 165 cm³/mol. The molecule has 0 aromatic heterocycles. The second-order valence-corrected chi connectivity index (χ2v) is 13.6. The smallest absolute Gasteiger partial charge is 0.316 e. The Hall–Kier alpha value is -3.51. The van der Waals surface area contributed by atoms with Gasteiger partial charge in [0, 0.05) is 12.1 Å². The number of hydrogen-bond donors (Lipinski definition) is 5. The molecule has 2 fully saturated rings. The second kappa shape index (κ2) is 14.5. The van der Waals surface area contributed by atoms with Crippen LogP contribution in [0.3, 0.4) is 0 Å². The Morgan fingerprint density at radius 1 is 1.05 bits per heavy atom. The number of aliphatic hydroxyl groups excluding tert-OH is 1. The van der Waals surface area contributed by atoms with Gasteiger partial charge in [-0.3, -0.25) is 24.5 Å². The SMILES string of the molecule is COc1ccc(C(=O)[C@@H](NC(=O)N[C@H](C(=O)N2CC[C@H](C)[C@H]2C(O)NC(CC2CC2)C(=O)C(N)=O)C(C)(C)C)C(C)C)cc1. The summed E-state index contributed by atoms with van der Waals surface area (Å²) < 4.78 is 5.17. The molecule has 2 aliphatic rings. The summed E-state index contributed by atoms with van der Waals surface area (Å²) in [6.07, 6.45) is 1.56. The molecule has 244 valence electrons. The van der Waals surface area contributed by atoms with Crippen molar-refractivity contribution in [3.05, 3.63) is 29.8 Å². The summed E-state index contributed by atoms with van der Waals surface area (Å²) in [6, 6.07) is 2.45. The molecule has 1 heterocycles. The first kappa shape index (κ1) is 35.0. The molecule has 1 aliphatic heterocycles. The van der Waals surface area contributed by atoms with Crippen molar-refractivity contribution < 1.29 is 33.8 Å². The maximum absolute atomic E-state index is 14.1. The lowest BCUT2D eigenvalue weighted by molar-refractivity contribution is -0.141. The van der Waals surface area contributed by atoms with Crippen molar-refractivity contribution in [3.63, 3.8) is 0 Å². The number of methoxy groups -OCH3 is 1. The highest BCUT2D eigenvalue weighted by molar-refractivity contribution is 6.37. The first-order chi connectivity index (χ1) is 20.5. The fourth-order valence-corrected chi connectivity index (χ4v) is 5.72. The Kier molecular flexibility index (Phi) is 11.5. The number of likely N-dealkylation sites (tertiary alicyclic amines) is 1. The van der Waals surface area contributed by atoms with Gasteiger partial charge in [-0.15, -0.1) is 0 Å². The zero-order valence-corrected chi connectivity index (χ0v) is 26.9. The van der Waals surface area contributed by atoms with E-state index >= 15 is 0 Å². The lowest BCUT2D eigenvalue weighted by atomic mass is 9.85. The minimum absolute atomic E-state index is 0.131. The molecule has 4 amide bonds. The number of nitrogens with one attached hydrogen (secondary N) is 3. The van der Waals surface area contributed by atoms with Crippen LogP contribution in [-0.4, -0.2) is 83.5 Å². The van der Waals surface area contributed by atoms with E-state index in [1.807, 2.05) is 41.5 Å². The fourth-order valence-electron chi connectivity index (χ4n) is 5.72. The zero-order valence-electron chi connectivity index (χ0n) is 26.9. The lowest BCUT2D eigenvalue weighted by Gasteiger charge is -2.38. The van der Waals surface area contributed by atoms with E-state index in [4.69, 9.17) is 10.5 Å². The third-order valence-electron chi connectivity index (χ3n) is 8.57. The second-order valence-electron chi connectivity index (χ2n) is 13.6. The van der Waals surface area contributed by atoms with Gasteiger partial charge in [0.25, 0.3) is 5.91 Å². The number of primary amides is 1. The van der Waals surface area contributed by atoms with Gasteiger partial charge in [-0.1, -0.05) is 54.4 Å². The van der Waals surface area contributed by atoms with Crippen molar-refractivity contribution in [2.75, 3.05) is 13.7 Å². The topological polar surface area (TPSA) is 180 Å². The van der Waals surface area contributed by atoms with Crippen LogP contribution in [0.5, 0.6) is 5.75 Å². The quantitative estimate of drug-likeness (QED) is 0.120. The summed E-state index contributed by atoms with van der Waals surface area (Å²) in [5.41, 5.74) is 4.95. The first-order valence-corrected chi connectivity index (χ1v) is 15.4. The normalized spacial score (nSPS) is 21.2. The highest BCUT2D eigenvalue weighted by Crippen LogP contribution is 2.35. The molecule has 0 spiro atoms. The predicted octanol–water partition coefficient (Wildman–Crippen LogP) is 1.98. The molecule has 6 atom stereocenters. The number of aliphatic hydroxyl groups is 1. The van der Waals surface area contributed by atoms with E-state index in [0.29, 0.717) is 30.7 Å². The number of hydrogen-bond acceptors (Lipinski definition) is 8. The van der Waals surface area contributed by atoms with Crippen LogP contribution in [0.1, 0.15) is 77.6 Å². The molecule has 0 radical (unpaired) electrons. The highest BCUT2D eigenvalue weighted by Gasteiger charge is 2.46. The molecule has 44 heavy (non-hydrogen) atoms. The number of ether oxygens (including phenoxy) is 1. The third kappa shape index (κ3) is 8.78. The van der Waals surface area contributed by atoms with E-state index in [0.717, 1.165) is 12.8 Å². The van der Waals surface area contributed by atoms with Crippen molar-refractivity contribution in [1.82, 2.24) is 20.9 Å². The first-order valence-electron chi connectivity index (χ1n) is 15.4. The van der Waals surface area contributed by atoms with Gasteiger partial charge in [-0.25, -0.2) is 4.79 Å². The van der Waals surface area contributed by atoms with Gasteiger partial charge in [0.15, 0.2) is 5.78 Å². The van der Waals surface area contributed by atoms with Gasteiger partial charge in [-0.05, 0) is 60.3 Å². The Bertz CT molecular complexity index is 1210. The maximum atomic E-state index is 14.1. The van der Waals surface area contributed by atoms with Crippen molar-refractivity contribution in [3.8, 4) is 5.75 Å². The van der Waals surface area contributed by atoms with Crippen molar-refractivity contribution in [2.24, 2.45) is 28.9 Å². The minimum atomic E-state index is -1.30. The number of rotatable bonds is 14. The summed E-state index contributed by atoms with van der Waals surface area (Å²) in [5, 5.41) is 19.7. The van der Waals surface area contributed by atoms with E-state index in [-0.39, 0.29) is 23.5 Å². The van der Waals surface area contributed by atoms with Crippen LogP contribution in [0, 0.1) is 23.2 Å². The van der Waals surface area contributed by atoms with Crippen LogP contribution >= 0.6 is 0 Å². The number of Topliss-reactive ketones (excluding diaryl/α,β-unsaturated/α-hetero) is 2. The van der Waals surface area contributed by atoms with Crippen LogP contribution in [0.15, 0.2) is 24.3 Å². The standard InChI is InChI=1S/C32H49N5O7/c1-17(2)23(25(38)20-10-12-21(44-7)13-11-20)35-31(43)36-27(32(4,5)6)30(42)37-15-14-18(3)24(37)29(41)34-22(16-19-8-9-19)26(39)28(33)40/h10-13,17-19,22-24,27,29,34,41H,8-9,14-16H2,1-7H3,(H2,33,40)(H2,35,36,43)/t18-,22?,23-,24-,27+,29?/m0/s1. The molecule has 1 saturated heterocycles. The van der Waals surface area contributed by atoms with Crippen LogP contribution in [0.25, 0.3) is 0 Å². The number of benzene rings is 1. The number of carbonyl (C=O) groups excluding carboxylic acids is 5. The maximum Gasteiger partial charge on any atom is 0.316 e. The van der Waals surface area contributed by atoms with Gasteiger partial charge in [0.2, 0.25) is 11.7 Å². The molecule has 6 N–H and O–H groups in total. The molecule has 2 unspecified atom stereocenters. The third-order valence-corrected chi connectivity index (χ3v) is 8.57. The van der Waals surface area contributed by atoms with Crippen LogP contribution in [0.4, 0.5) is 4.79 Å². The van der Waals surface area contributed by atoms with Crippen molar-refractivity contribution in [2.45, 2.75) is 97.6 Å². The van der Waals surface area contributed by atoms with Crippen LogP contribution in [0.2, 0.25) is 0 Å². The van der Waals surface area contributed by atoms with Gasteiger partial charge in [0.05, 0.1) is 25.2 Å². The summed E-state index contributed by atoms with van der Waals surface area (Å²) in [6.45, 7) is 11.3. The molecular weight excluding hydrogens is 566 g/mol. The van der Waals surface area contributed by atoms with Crippen molar-refractivity contribution in [1.29, 1.82) is 0 Å². The van der Waals surface area contributed by atoms with Crippen LogP contribution in [-0.2, 0) is 14.4 Å². The average molecular weight is 616 g/mol. The molecule has 12 nitrogen and oxygen atoms in total. The largest absolute Gasteiger partial charge is 0.497 e. The molecule has 0 bridgehead atoms. The Balaban J connectivity index is 1.76. The summed E-state index contributed by atoms with van der Waals surface area (Å²) in [4.78, 5) is 66.4. The van der Waals surface area contributed by atoms with E-state index in [9.17, 15) is 29.1 Å². The molecule has 1 saturated carbocycles. The summed E-state index contributed by atoms with van der Waals surface area (Å²) in [7, 11) is 1.53.